The first-order chi connectivity index (χ1) is 20.1. The number of carbonyl (C=O) groups is 2. The molecule has 1 atom stereocenters. The summed E-state index contributed by atoms with van der Waals surface area (Å²) in [7, 11) is 1.36. The van der Waals surface area contributed by atoms with Crippen molar-refractivity contribution in [2.24, 2.45) is 0 Å². The van der Waals surface area contributed by atoms with Gasteiger partial charge in [-0.2, -0.15) is 0 Å². The second-order valence-corrected chi connectivity index (χ2v) is 10.3. The van der Waals surface area contributed by atoms with Crippen molar-refractivity contribution >= 4 is 28.9 Å². The van der Waals surface area contributed by atoms with E-state index in [-0.39, 0.29) is 11.9 Å². The molecule has 0 saturated carbocycles. The number of rotatable bonds is 15. The van der Waals surface area contributed by atoms with Gasteiger partial charge in [0.25, 0.3) is 0 Å². The van der Waals surface area contributed by atoms with Crippen molar-refractivity contribution in [1.29, 1.82) is 0 Å². The Balaban J connectivity index is 1.36. The van der Waals surface area contributed by atoms with E-state index in [1.807, 2.05) is 36.4 Å². The molecule has 0 bridgehead atoms. The molecule has 0 aliphatic carbocycles. The Hall–Kier alpha value is -4.38. The van der Waals surface area contributed by atoms with Gasteiger partial charge in [0, 0.05) is 36.1 Å². The molecule has 0 aliphatic rings. The zero-order valence-electron chi connectivity index (χ0n) is 23.9. The Morgan fingerprint density at radius 2 is 1.59 bits per heavy atom. The highest BCUT2D eigenvalue weighted by atomic mass is 16.5. The largest absolute Gasteiger partial charge is 0.466 e. The second-order valence-electron chi connectivity index (χ2n) is 10.3. The van der Waals surface area contributed by atoms with Crippen molar-refractivity contribution in [1.82, 2.24) is 9.88 Å². The topological polar surface area (TPSA) is 60.3 Å². The summed E-state index contributed by atoms with van der Waals surface area (Å²) in [6.45, 7) is 0.731. The molecule has 0 spiro atoms. The van der Waals surface area contributed by atoms with Crippen molar-refractivity contribution in [3.8, 4) is 0 Å². The Bertz CT molecular complexity index is 1440. The quantitative estimate of drug-likeness (QED) is 0.0963. The molecular weight excluding hydrogens is 508 g/mol. The van der Waals surface area contributed by atoms with Gasteiger partial charge in [0.05, 0.1) is 13.2 Å². The van der Waals surface area contributed by atoms with Crippen LogP contribution in [0.4, 0.5) is 0 Å². The van der Waals surface area contributed by atoms with Crippen LogP contribution in [0, 0.1) is 0 Å². The Morgan fingerprint density at radius 3 is 2.37 bits per heavy atom. The first-order valence-corrected chi connectivity index (χ1v) is 14.5. The predicted molar refractivity (Wildman–Crippen MR) is 167 cm³/mol. The number of allylic oxidation sites excluding steroid dienone is 1. The number of nitrogens with one attached hydrogen (secondary N) is 1. The van der Waals surface area contributed by atoms with Gasteiger partial charge in [-0.25, -0.2) is 4.79 Å². The Kier molecular flexibility index (Phi) is 11.6. The minimum Gasteiger partial charge on any atom is -0.466 e. The van der Waals surface area contributed by atoms with Crippen molar-refractivity contribution < 1.29 is 14.3 Å². The van der Waals surface area contributed by atoms with Crippen LogP contribution in [0.5, 0.6) is 0 Å². The van der Waals surface area contributed by atoms with Crippen LogP contribution in [0.15, 0.2) is 109 Å². The summed E-state index contributed by atoms with van der Waals surface area (Å²) in [5, 5.41) is 4.29. The van der Waals surface area contributed by atoms with Crippen molar-refractivity contribution in [3.63, 3.8) is 0 Å². The third kappa shape index (κ3) is 9.64. The summed E-state index contributed by atoms with van der Waals surface area (Å²) in [6, 6.07) is 28.7. The molecule has 1 unspecified atom stereocenters. The van der Waals surface area contributed by atoms with E-state index in [0.717, 1.165) is 60.7 Å². The Morgan fingerprint density at radius 1 is 0.878 bits per heavy atom. The number of carbonyl (C=O) groups excluding carboxylic acids is 2. The first-order valence-electron chi connectivity index (χ1n) is 14.5. The van der Waals surface area contributed by atoms with E-state index < -0.39 is 5.97 Å². The van der Waals surface area contributed by atoms with Crippen LogP contribution in [-0.2, 0) is 33.7 Å². The van der Waals surface area contributed by atoms with Gasteiger partial charge in [-0.3, -0.25) is 4.79 Å². The normalized spacial score (nSPS) is 12.2. The predicted octanol–water partition coefficient (Wildman–Crippen LogP) is 7.30. The molecule has 0 aliphatic heterocycles. The van der Waals surface area contributed by atoms with Gasteiger partial charge >= 0.3 is 5.97 Å². The summed E-state index contributed by atoms with van der Waals surface area (Å²) >= 11 is 0. The maximum absolute atomic E-state index is 12.9. The fourth-order valence-corrected chi connectivity index (χ4v) is 5.06. The zero-order valence-corrected chi connectivity index (χ0v) is 23.9. The van der Waals surface area contributed by atoms with Crippen molar-refractivity contribution in [3.05, 3.63) is 126 Å². The minimum absolute atomic E-state index is 0.00195. The second kappa shape index (κ2) is 16.0. The summed E-state index contributed by atoms with van der Waals surface area (Å²) in [6.07, 6.45) is 15.8. The van der Waals surface area contributed by atoms with Crippen LogP contribution < -0.4 is 5.32 Å². The summed E-state index contributed by atoms with van der Waals surface area (Å²) < 4.78 is 7.02. The molecule has 212 valence electrons. The number of para-hydroxylation sites is 1. The van der Waals surface area contributed by atoms with Crippen LogP contribution >= 0.6 is 0 Å². The maximum atomic E-state index is 12.9. The molecule has 5 nitrogen and oxygen atoms in total. The van der Waals surface area contributed by atoms with Crippen LogP contribution in [0.1, 0.15) is 48.8 Å². The van der Waals surface area contributed by atoms with E-state index >= 15 is 0 Å². The van der Waals surface area contributed by atoms with E-state index in [1.54, 1.807) is 6.08 Å². The standard InChI is InChI=1S/C36H40N2O3/c1-41-36(40)25-24-32(37-35(39)23-11-3-2-6-15-29-16-7-4-8-17-29)27-31-28-38(34-22-13-12-21-33(31)34)26-14-20-30-18-9-5-10-19-30/h4-5,7-10,12-14,16-22,24-25,28,32H,2-3,6,11,15,23,26-27H2,1H3,(H,37,39)/b20-14+,25-24+. The third-order valence-corrected chi connectivity index (χ3v) is 7.20. The molecular formula is C36H40N2O3. The average molecular weight is 549 g/mol. The molecule has 1 aromatic heterocycles. The lowest BCUT2D eigenvalue weighted by atomic mass is 10.0. The molecule has 0 saturated heterocycles. The lowest BCUT2D eigenvalue weighted by Gasteiger charge is -2.15. The fraction of sp³-hybridized carbons (Fsp3) is 0.278. The third-order valence-electron chi connectivity index (χ3n) is 7.20. The summed E-state index contributed by atoms with van der Waals surface area (Å²) in [5.74, 6) is -0.432. The van der Waals surface area contributed by atoms with E-state index in [4.69, 9.17) is 4.74 Å². The molecule has 1 amide bonds. The number of aromatic nitrogens is 1. The number of benzene rings is 3. The number of nitrogens with zero attached hydrogens (tertiary/aromatic N) is 1. The highest BCUT2D eigenvalue weighted by Gasteiger charge is 2.15. The summed E-state index contributed by atoms with van der Waals surface area (Å²) in [5.41, 5.74) is 4.78. The van der Waals surface area contributed by atoms with Crippen LogP contribution in [0.2, 0.25) is 0 Å². The number of fused-ring (bicyclic) bond motifs is 1. The fourth-order valence-electron chi connectivity index (χ4n) is 5.06. The van der Waals surface area contributed by atoms with Crippen molar-refractivity contribution in [2.45, 2.75) is 57.5 Å². The summed E-state index contributed by atoms with van der Waals surface area (Å²) in [4.78, 5) is 24.7. The molecule has 4 rings (SSSR count). The van der Waals surface area contributed by atoms with E-state index in [9.17, 15) is 9.59 Å². The van der Waals surface area contributed by atoms with E-state index in [1.165, 1.54) is 18.7 Å². The molecule has 4 aromatic rings. The molecule has 1 heterocycles. The number of unbranched alkanes of at least 4 members (excludes halogenated alkanes) is 3. The number of hydrogen-bond donors (Lipinski definition) is 1. The van der Waals surface area contributed by atoms with Crippen molar-refractivity contribution in [2.75, 3.05) is 7.11 Å². The van der Waals surface area contributed by atoms with Crippen LogP contribution in [0.3, 0.4) is 0 Å². The molecule has 0 fully saturated rings. The maximum Gasteiger partial charge on any atom is 0.330 e. The lowest BCUT2D eigenvalue weighted by molar-refractivity contribution is -0.135. The van der Waals surface area contributed by atoms with Crippen LogP contribution in [-0.4, -0.2) is 29.6 Å². The molecule has 1 N–H and O–H groups in total. The number of methoxy groups -OCH3 is 1. The van der Waals surface area contributed by atoms with E-state index in [2.05, 4.69) is 76.8 Å². The van der Waals surface area contributed by atoms with Gasteiger partial charge in [0.2, 0.25) is 5.91 Å². The van der Waals surface area contributed by atoms with Gasteiger partial charge in [0.15, 0.2) is 0 Å². The highest BCUT2D eigenvalue weighted by Crippen LogP contribution is 2.23. The monoisotopic (exact) mass is 548 g/mol. The average Bonchev–Trinajstić information content (AvgIpc) is 3.35. The number of esters is 1. The zero-order chi connectivity index (χ0) is 28.7. The first kappa shape index (κ1) is 29.6. The number of hydrogen-bond acceptors (Lipinski definition) is 3. The Labute approximate surface area is 243 Å². The van der Waals surface area contributed by atoms with Gasteiger partial charge < -0.3 is 14.6 Å². The van der Waals surface area contributed by atoms with Gasteiger partial charge in [-0.05, 0) is 48.4 Å². The van der Waals surface area contributed by atoms with E-state index in [0.29, 0.717) is 12.8 Å². The van der Waals surface area contributed by atoms with Gasteiger partial charge in [-0.15, -0.1) is 0 Å². The molecule has 3 aromatic carbocycles. The minimum atomic E-state index is -0.434. The van der Waals surface area contributed by atoms with Gasteiger partial charge in [-0.1, -0.05) is 110 Å². The molecule has 41 heavy (non-hydrogen) atoms. The van der Waals surface area contributed by atoms with Crippen LogP contribution in [0.25, 0.3) is 17.0 Å². The lowest BCUT2D eigenvalue weighted by Crippen LogP contribution is -2.35. The molecule has 0 radical (unpaired) electrons. The van der Waals surface area contributed by atoms with Gasteiger partial charge in [0.1, 0.15) is 0 Å². The highest BCUT2D eigenvalue weighted by molar-refractivity contribution is 5.85. The number of ether oxygens (including phenoxy) is 1. The SMILES string of the molecule is COC(=O)/C=C/C(Cc1cn(C/C=C/c2ccccc2)c2ccccc12)NC(=O)CCCCCCc1ccccc1. The molecule has 5 heteroatoms. The number of aryl methyl sites for hydroxylation is 1. The smallest absolute Gasteiger partial charge is 0.330 e. The number of amides is 1.